The summed E-state index contributed by atoms with van der Waals surface area (Å²) in [6.45, 7) is 0. The average molecular weight is 1040 g/mol. The van der Waals surface area contributed by atoms with Crippen LogP contribution in [0, 0.1) is 0 Å². The first-order chi connectivity index (χ1) is 37.7. The van der Waals surface area contributed by atoms with Gasteiger partial charge in [0.25, 0.3) is 0 Å². The van der Waals surface area contributed by atoms with Crippen molar-refractivity contribution in [3.63, 3.8) is 0 Å². The fourth-order valence-corrected chi connectivity index (χ4v) is 24.4. The van der Waals surface area contributed by atoms with Crippen LogP contribution in [-0.4, -0.2) is 16.1 Å². The van der Waals surface area contributed by atoms with Crippen LogP contribution in [0.15, 0.2) is 303 Å². The van der Waals surface area contributed by atoms with E-state index in [1.165, 1.54) is 115 Å². The van der Waals surface area contributed by atoms with E-state index in [-0.39, 0.29) is 0 Å². The second-order valence-corrected chi connectivity index (χ2v) is 29.6. The Labute approximate surface area is 454 Å². The average Bonchev–Trinajstić information content (AvgIpc) is 4.10. The third-order valence-corrected chi connectivity index (χ3v) is 27.8. The highest BCUT2D eigenvalue weighted by Gasteiger charge is 2.43. The summed E-state index contributed by atoms with van der Waals surface area (Å²) >= 11 is 3.80. The van der Waals surface area contributed by atoms with Gasteiger partial charge in [-0.15, -0.1) is 22.7 Å². The normalized spacial score (nSPS) is 11.9. The Morgan fingerprint density at radius 2 is 0.487 bits per heavy atom. The molecule has 14 rings (SSSR count). The largest absolute Gasteiger partial charge is 0.179 e. The van der Waals surface area contributed by atoms with Crippen molar-refractivity contribution in [2.75, 3.05) is 0 Å². The van der Waals surface area contributed by atoms with Crippen molar-refractivity contribution in [1.29, 1.82) is 0 Å². The maximum atomic E-state index is 2.51. The van der Waals surface area contributed by atoms with Crippen molar-refractivity contribution in [1.82, 2.24) is 0 Å². The van der Waals surface area contributed by atoms with E-state index >= 15 is 0 Å². The minimum absolute atomic E-state index is 1.20. The molecule has 2 heterocycles. The summed E-state index contributed by atoms with van der Waals surface area (Å²) in [7, 11) is -5.76. The van der Waals surface area contributed by atoms with E-state index in [2.05, 4.69) is 303 Å². The number of fused-ring (bicyclic) bond motifs is 6. The molecule has 358 valence electrons. The van der Waals surface area contributed by atoms with Crippen molar-refractivity contribution >= 4 is 121 Å². The van der Waals surface area contributed by atoms with Crippen molar-refractivity contribution in [2.24, 2.45) is 0 Å². The standard InChI is InChI=1S/C72H50S2Si2/c1-5-23-55(24-6-1)75(56-25-7-2-8-26-56,61-31-17-21-53(49-61)63-35-19-37-67-65-33-13-15-39-69(65)73-71(63)67)59-45-41-51(42-46-59)52-43-47-60(48-44-52)76(57-27-9-3-10-28-57,58-29-11-4-12-30-58)62-32-18-22-54(50-62)64-36-20-38-68-66-34-14-16-40-70(66)74-72(64)68/h1-50H. The molecule has 0 aliphatic rings. The van der Waals surface area contributed by atoms with Crippen LogP contribution in [-0.2, 0) is 0 Å². The van der Waals surface area contributed by atoms with Crippen LogP contribution in [0.4, 0.5) is 0 Å². The second kappa shape index (κ2) is 19.3. The van der Waals surface area contributed by atoms with Gasteiger partial charge in [-0.05, 0) is 87.0 Å². The van der Waals surface area contributed by atoms with E-state index in [9.17, 15) is 0 Å². The van der Waals surface area contributed by atoms with Crippen molar-refractivity contribution in [3.8, 4) is 33.4 Å². The first kappa shape index (κ1) is 46.1. The molecule has 0 N–H and O–H groups in total. The Kier molecular flexibility index (Phi) is 11.7. The van der Waals surface area contributed by atoms with Gasteiger partial charge in [-0.3, -0.25) is 0 Å². The van der Waals surface area contributed by atoms with Crippen LogP contribution in [0.5, 0.6) is 0 Å². The van der Waals surface area contributed by atoms with Crippen LogP contribution in [0.1, 0.15) is 0 Å². The zero-order chi connectivity index (χ0) is 50.5. The molecule has 0 fully saturated rings. The topological polar surface area (TPSA) is 0 Å². The Morgan fingerprint density at radius 3 is 0.855 bits per heavy atom. The summed E-state index contributed by atoms with van der Waals surface area (Å²) < 4.78 is 5.32. The van der Waals surface area contributed by atoms with Crippen LogP contribution in [0.2, 0.25) is 0 Å². The Bertz CT molecular complexity index is 4010. The maximum Gasteiger partial charge on any atom is 0.179 e. The van der Waals surface area contributed by atoms with Crippen LogP contribution in [0.3, 0.4) is 0 Å². The molecule has 0 aliphatic heterocycles. The number of rotatable bonds is 11. The number of hydrogen-bond acceptors (Lipinski definition) is 2. The van der Waals surface area contributed by atoms with E-state index in [0.717, 1.165) is 0 Å². The minimum Gasteiger partial charge on any atom is -0.135 e. The molecule has 0 unspecified atom stereocenters. The highest BCUT2D eigenvalue weighted by molar-refractivity contribution is 7.27. The van der Waals surface area contributed by atoms with Crippen molar-refractivity contribution < 1.29 is 0 Å². The summed E-state index contributed by atoms with van der Waals surface area (Å²) in [5, 5.41) is 16.2. The third-order valence-electron chi connectivity index (χ3n) is 15.8. The smallest absolute Gasteiger partial charge is 0.135 e. The van der Waals surface area contributed by atoms with Crippen molar-refractivity contribution in [2.45, 2.75) is 0 Å². The predicted octanol–water partition coefficient (Wildman–Crippen LogP) is 14.2. The molecule has 0 spiro atoms. The van der Waals surface area contributed by atoms with Crippen LogP contribution >= 0.6 is 22.7 Å². The molecule has 0 aliphatic carbocycles. The zero-order valence-corrected chi connectivity index (χ0v) is 45.3. The molecule has 4 heteroatoms. The van der Waals surface area contributed by atoms with E-state index < -0.39 is 16.1 Å². The lowest BCUT2D eigenvalue weighted by Crippen LogP contribution is -2.74. The number of benzene rings is 12. The molecule has 0 nitrogen and oxygen atoms in total. The van der Waals surface area contributed by atoms with Gasteiger partial charge in [-0.25, -0.2) is 0 Å². The SMILES string of the molecule is c1ccc([Si](c2ccccc2)(c2ccc(-c3ccc([Si](c4ccccc4)(c4ccccc4)c4cccc(-c5cccc6c5sc5ccccc56)c4)cc3)cc2)c2cccc(-c3cccc4c3sc3ccccc34)c2)cc1. The van der Waals surface area contributed by atoms with Gasteiger partial charge < -0.3 is 0 Å². The lowest BCUT2D eigenvalue weighted by Gasteiger charge is -2.35. The molecule has 76 heavy (non-hydrogen) atoms. The molecule has 0 amide bonds. The molecular formula is C72H50S2Si2. The Hall–Kier alpha value is -8.49. The lowest BCUT2D eigenvalue weighted by atomic mass is 10.0. The van der Waals surface area contributed by atoms with Crippen LogP contribution < -0.4 is 41.5 Å². The van der Waals surface area contributed by atoms with Gasteiger partial charge in [0.1, 0.15) is 0 Å². The van der Waals surface area contributed by atoms with Crippen molar-refractivity contribution in [3.05, 3.63) is 303 Å². The Balaban J connectivity index is 0.897. The van der Waals surface area contributed by atoms with Gasteiger partial charge in [-0.1, -0.05) is 291 Å². The highest BCUT2D eigenvalue weighted by atomic mass is 32.1. The predicted molar refractivity (Wildman–Crippen MR) is 336 cm³/mol. The second-order valence-electron chi connectivity index (χ2n) is 19.8. The monoisotopic (exact) mass is 1030 g/mol. The summed E-state index contributed by atoms with van der Waals surface area (Å²) in [5.74, 6) is 0. The number of hydrogen-bond donors (Lipinski definition) is 0. The Morgan fingerprint density at radius 1 is 0.197 bits per heavy atom. The van der Waals surface area contributed by atoms with Gasteiger partial charge in [0.15, 0.2) is 16.1 Å². The third kappa shape index (κ3) is 7.59. The van der Waals surface area contributed by atoms with Gasteiger partial charge in [0, 0.05) is 40.3 Å². The molecule has 2 aromatic heterocycles. The quantitative estimate of drug-likeness (QED) is 0.0895. The first-order valence-electron chi connectivity index (χ1n) is 26.1. The lowest BCUT2D eigenvalue weighted by molar-refractivity contribution is 1.62. The minimum atomic E-state index is -2.88. The first-order valence-corrected chi connectivity index (χ1v) is 31.8. The van der Waals surface area contributed by atoms with Gasteiger partial charge in [-0.2, -0.15) is 0 Å². The zero-order valence-electron chi connectivity index (χ0n) is 41.7. The van der Waals surface area contributed by atoms with Crippen LogP contribution in [0.25, 0.3) is 73.7 Å². The summed E-state index contributed by atoms with van der Waals surface area (Å²) in [6, 6.07) is 115. The fraction of sp³-hybridized carbons (Fsp3) is 0. The molecule has 0 bridgehead atoms. The van der Waals surface area contributed by atoms with Gasteiger partial charge in [0.2, 0.25) is 0 Å². The van der Waals surface area contributed by atoms with E-state index in [1.807, 2.05) is 22.7 Å². The van der Waals surface area contributed by atoms with E-state index in [4.69, 9.17) is 0 Å². The molecule has 0 radical (unpaired) electrons. The van der Waals surface area contributed by atoms with E-state index in [1.54, 1.807) is 0 Å². The number of thiophene rings is 2. The van der Waals surface area contributed by atoms with Gasteiger partial charge in [0.05, 0.1) is 0 Å². The molecule has 0 saturated carbocycles. The van der Waals surface area contributed by atoms with Gasteiger partial charge >= 0.3 is 0 Å². The maximum absolute atomic E-state index is 2.88. The molecule has 12 aromatic carbocycles. The van der Waals surface area contributed by atoms with E-state index in [0.29, 0.717) is 0 Å². The molecule has 14 aromatic rings. The summed E-state index contributed by atoms with van der Waals surface area (Å²) in [5.41, 5.74) is 7.48. The summed E-state index contributed by atoms with van der Waals surface area (Å²) in [4.78, 5) is 0. The molecular weight excluding hydrogens is 985 g/mol. The highest BCUT2D eigenvalue weighted by Crippen LogP contribution is 2.41. The fourth-order valence-electron chi connectivity index (χ4n) is 12.4. The molecule has 0 saturated heterocycles. The summed E-state index contributed by atoms with van der Waals surface area (Å²) in [6.07, 6.45) is 0. The molecule has 0 atom stereocenters.